The van der Waals surface area contributed by atoms with Crippen LogP contribution >= 0.6 is 0 Å². The van der Waals surface area contributed by atoms with Crippen LogP contribution in [0.15, 0.2) is 30.5 Å². The highest BCUT2D eigenvalue weighted by Crippen LogP contribution is 2.27. The molecule has 0 aliphatic carbocycles. The van der Waals surface area contributed by atoms with Crippen LogP contribution in [0.3, 0.4) is 0 Å². The van der Waals surface area contributed by atoms with Gasteiger partial charge in [0.1, 0.15) is 11.6 Å². The van der Waals surface area contributed by atoms with Gasteiger partial charge in [0.2, 0.25) is 5.95 Å². The number of urea groups is 1. The minimum atomic E-state index is -0.129. The molecule has 3 aromatic rings. The number of methoxy groups -OCH3 is 1. The van der Waals surface area contributed by atoms with Crippen LogP contribution in [-0.2, 0) is 7.05 Å². The van der Waals surface area contributed by atoms with Gasteiger partial charge in [-0.15, -0.1) is 0 Å². The fraction of sp³-hybridized carbons (Fsp3) is 0.368. The number of hydrogen-bond acceptors (Lipinski definition) is 7. The number of ether oxygens (including phenoxy) is 1. The van der Waals surface area contributed by atoms with Gasteiger partial charge in [0.15, 0.2) is 5.65 Å². The predicted octanol–water partition coefficient (Wildman–Crippen LogP) is 1.70. The van der Waals surface area contributed by atoms with Crippen molar-refractivity contribution >= 4 is 34.5 Å². The molecule has 1 aliphatic rings. The first-order valence-corrected chi connectivity index (χ1v) is 9.38. The summed E-state index contributed by atoms with van der Waals surface area (Å²) in [7, 11) is 3.43. The Kier molecular flexibility index (Phi) is 4.83. The summed E-state index contributed by atoms with van der Waals surface area (Å²) in [5, 5.41) is 8.05. The second kappa shape index (κ2) is 7.46. The van der Waals surface area contributed by atoms with E-state index in [9.17, 15) is 4.79 Å². The van der Waals surface area contributed by atoms with E-state index in [0.29, 0.717) is 25.3 Å². The molecule has 3 heterocycles. The molecule has 4 rings (SSSR count). The average molecular weight is 396 g/mol. The summed E-state index contributed by atoms with van der Waals surface area (Å²) in [4.78, 5) is 25.4. The lowest BCUT2D eigenvalue weighted by Crippen LogP contribution is -2.55. The minimum Gasteiger partial charge on any atom is -0.497 e. The zero-order valence-corrected chi connectivity index (χ0v) is 16.7. The monoisotopic (exact) mass is 396 g/mol. The maximum atomic E-state index is 12.7. The number of carbonyl (C=O) groups is 1. The lowest BCUT2D eigenvalue weighted by Gasteiger charge is -2.40. The molecule has 10 heteroatoms. The first-order chi connectivity index (χ1) is 14.0. The third kappa shape index (κ3) is 3.60. The molecular weight excluding hydrogens is 372 g/mol. The van der Waals surface area contributed by atoms with Crippen molar-refractivity contribution in [2.75, 3.05) is 42.7 Å². The maximum absolute atomic E-state index is 12.7. The Balaban J connectivity index is 1.47. The molecule has 2 aromatic heterocycles. The Morgan fingerprint density at radius 2 is 2.00 bits per heavy atom. The third-order valence-corrected chi connectivity index (χ3v) is 5.12. The quantitative estimate of drug-likeness (QED) is 0.692. The van der Waals surface area contributed by atoms with Crippen LogP contribution in [0.4, 0.5) is 22.2 Å². The number of rotatable bonds is 3. The van der Waals surface area contributed by atoms with Crippen molar-refractivity contribution in [3.63, 3.8) is 0 Å². The molecule has 3 N–H and O–H groups in total. The lowest BCUT2D eigenvalue weighted by molar-refractivity contribution is 0.200. The molecule has 0 saturated carbocycles. The number of piperazine rings is 1. The van der Waals surface area contributed by atoms with Gasteiger partial charge in [-0.1, -0.05) is 0 Å². The molecule has 10 nitrogen and oxygen atoms in total. The molecule has 0 bridgehead atoms. The molecule has 1 aromatic carbocycles. The molecule has 152 valence electrons. The summed E-state index contributed by atoms with van der Waals surface area (Å²) >= 11 is 0. The van der Waals surface area contributed by atoms with E-state index in [-0.39, 0.29) is 18.0 Å². The highest BCUT2D eigenvalue weighted by molar-refractivity contribution is 5.90. The molecule has 1 saturated heterocycles. The van der Waals surface area contributed by atoms with Crippen LogP contribution in [0, 0.1) is 0 Å². The molecule has 1 atom stereocenters. The summed E-state index contributed by atoms with van der Waals surface area (Å²) in [5.41, 5.74) is 7.34. The van der Waals surface area contributed by atoms with E-state index in [1.165, 1.54) is 0 Å². The number of aryl methyl sites for hydroxylation is 1. The Morgan fingerprint density at radius 1 is 1.24 bits per heavy atom. The van der Waals surface area contributed by atoms with Crippen molar-refractivity contribution in [3.8, 4) is 5.75 Å². The highest BCUT2D eigenvalue weighted by Gasteiger charge is 2.29. The SMILES string of the molecule is COc1ccc(NC(=O)N2CCN(c3nc(N)nc4c3cnn4C)C(C)C2)cc1. The van der Waals surface area contributed by atoms with Crippen LogP contribution in [0.25, 0.3) is 11.0 Å². The van der Waals surface area contributed by atoms with Gasteiger partial charge in [-0.3, -0.25) is 4.68 Å². The molecule has 0 radical (unpaired) electrons. The zero-order chi connectivity index (χ0) is 20.5. The normalized spacial score (nSPS) is 16.9. The summed E-state index contributed by atoms with van der Waals surface area (Å²) in [6.45, 7) is 3.83. The number of aromatic nitrogens is 4. The van der Waals surface area contributed by atoms with Crippen molar-refractivity contribution in [1.29, 1.82) is 0 Å². The Morgan fingerprint density at radius 3 is 2.69 bits per heavy atom. The van der Waals surface area contributed by atoms with Crippen LogP contribution < -0.4 is 20.7 Å². The lowest BCUT2D eigenvalue weighted by atomic mass is 10.2. The predicted molar refractivity (Wildman–Crippen MR) is 111 cm³/mol. The van der Waals surface area contributed by atoms with Crippen molar-refractivity contribution in [2.45, 2.75) is 13.0 Å². The summed E-state index contributed by atoms with van der Waals surface area (Å²) in [5.74, 6) is 1.71. The fourth-order valence-corrected chi connectivity index (χ4v) is 3.58. The van der Waals surface area contributed by atoms with Gasteiger partial charge in [-0.25, -0.2) is 4.79 Å². The number of benzene rings is 1. The van der Waals surface area contributed by atoms with Gasteiger partial charge in [-0.05, 0) is 31.2 Å². The highest BCUT2D eigenvalue weighted by atomic mass is 16.5. The summed E-state index contributed by atoms with van der Waals surface area (Å²) in [6, 6.07) is 7.20. The number of carbonyl (C=O) groups excluding carboxylic acids is 1. The second-order valence-corrected chi connectivity index (χ2v) is 7.06. The van der Waals surface area contributed by atoms with E-state index in [1.807, 2.05) is 31.3 Å². The number of nitrogens with two attached hydrogens (primary N) is 1. The Bertz CT molecular complexity index is 1030. The minimum absolute atomic E-state index is 0.0584. The number of fused-ring (bicyclic) bond motifs is 1. The van der Waals surface area contributed by atoms with E-state index < -0.39 is 0 Å². The fourth-order valence-electron chi connectivity index (χ4n) is 3.58. The standard InChI is InChI=1S/C19H24N8O2/c1-12-11-26(19(28)22-13-4-6-14(29-3)7-5-13)8-9-27(12)17-15-10-21-25(2)16(15)23-18(20)24-17/h4-7,10,12H,8-9,11H2,1-3H3,(H,22,28)(H2,20,23,24). The van der Waals surface area contributed by atoms with Gasteiger partial charge >= 0.3 is 6.03 Å². The van der Waals surface area contributed by atoms with Crippen LogP contribution in [0.5, 0.6) is 5.75 Å². The molecule has 29 heavy (non-hydrogen) atoms. The smallest absolute Gasteiger partial charge is 0.321 e. The van der Waals surface area contributed by atoms with Crippen LogP contribution in [0.1, 0.15) is 6.92 Å². The van der Waals surface area contributed by atoms with Crippen molar-refractivity contribution in [1.82, 2.24) is 24.6 Å². The summed E-state index contributed by atoms with van der Waals surface area (Å²) < 4.78 is 6.83. The van der Waals surface area contributed by atoms with Gasteiger partial charge < -0.3 is 25.6 Å². The summed E-state index contributed by atoms with van der Waals surface area (Å²) in [6.07, 6.45) is 1.75. The van der Waals surface area contributed by atoms with E-state index in [1.54, 1.807) is 22.9 Å². The third-order valence-electron chi connectivity index (χ3n) is 5.12. The van der Waals surface area contributed by atoms with Gasteiger partial charge in [0, 0.05) is 38.4 Å². The molecular formula is C19H24N8O2. The largest absolute Gasteiger partial charge is 0.497 e. The molecule has 0 spiro atoms. The van der Waals surface area contributed by atoms with Crippen molar-refractivity contribution < 1.29 is 9.53 Å². The van der Waals surface area contributed by atoms with Gasteiger partial charge in [-0.2, -0.15) is 15.1 Å². The topological polar surface area (TPSA) is 114 Å². The number of anilines is 3. The maximum Gasteiger partial charge on any atom is 0.321 e. The van der Waals surface area contributed by atoms with E-state index >= 15 is 0 Å². The van der Waals surface area contributed by atoms with Crippen molar-refractivity contribution in [2.24, 2.45) is 7.05 Å². The molecule has 1 fully saturated rings. The number of hydrogen-bond donors (Lipinski definition) is 2. The van der Waals surface area contributed by atoms with E-state index in [4.69, 9.17) is 10.5 Å². The Hall–Kier alpha value is -3.56. The Labute approximate surface area is 168 Å². The number of nitrogen functional groups attached to an aromatic ring is 1. The van der Waals surface area contributed by atoms with Gasteiger partial charge in [0.05, 0.1) is 18.7 Å². The van der Waals surface area contributed by atoms with Crippen LogP contribution in [-0.4, -0.2) is 63.5 Å². The zero-order valence-electron chi connectivity index (χ0n) is 16.7. The van der Waals surface area contributed by atoms with Crippen molar-refractivity contribution in [3.05, 3.63) is 30.5 Å². The van der Waals surface area contributed by atoms with E-state index in [0.717, 1.165) is 22.6 Å². The first-order valence-electron chi connectivity index (χ1n) is 9.38. The van der Waals surface area contributed by atoms with Gasteiger partial charge in [0.25, 0.3) is 0 Å². The molecule has 1 unspecified atom stereocenters. The number of nitrogens with zero attached hydrogens (tertiary/aromatic N) is 6. The molecule has 1 aliphatic heterocycles. The average Bonchev–Trinajstić information content (AvgIpc) is 3.08. The van der Waals surface area contributed by atoms with E-state index in [2.05, 4.69) is 32.2 Å². The van der Waals surface area contributed by atoms with Crippen LogP contribution in [0.2, 0.25) is 0 Å². The number of nitrogens with one attached hydrogen (secondary N) is 1. The number of amides is 2. The molecule has 2 amide bonds. The second-order valence-electron chi connectivity index (χ2n) is 7.06. The first kappa shape index (κ1) is 18.8.